The molecular formula is C23H32F3N3O3. The van der Waals surface area contributed by atoms with Gasteiger partial charge in [-0.1, -0.05) is 13.0 Å². The number of nitrogens with one attached hydrogen (secondary N) is 2. The quantitative estimate of drug-likeness (QED) is 0.496. The molecule has 2 aliphatic rings. The van der Waals surface area contributed by atoms with E-state index in [1.165, 1.54) is 13.1 Å². The summed E-state index contributed by atoms with van der Waals surface area (Å²) in [4.78, 5) is 15.8. The van der Waals surface area contributed by atoms with Crippen LogP contribution in [0.25, 0.3) is 0 Å². The molecule has 0 aromatic carbocycles. The molecule has 1 fully saturated rings. The number of nitrogens with zero attached hydrogens (tertiary/aromatic N) is 1. The third-order valence-electron chi connectivity index (χ3n) is 6.41. The van der Waals surface area contributed by atoms with Crippen LogP contribution >= 0.6 is 0 Å². The van der Waals surface area contributed by atoms with Crippen molar-refractivity contribution in [1.82, 2.24) is 15.6 Å². The van der Waals surface area contributed by atoms with E-state index in [4.69, 9.17) is 4.74 Å². The lowest BCUT2D eigenvalue weighted by Gasteiger charge is -2.47. The largest absolute Gasteiger partial charge is 0.471 e. The van der Waals surface area contributed by atoms with Gasteiger partial charge in [-0.25, -0.2) is 4.98 Å². The number of alkyl halides is 3. The lowest BCUT2D eigenvalue weighted by atomic mass is 9.73. The van der Waals surface area contributed by atoms with Crippen molar-refractivity contribution in [1.29, 1.82) is 0 Å². The highest BCUT2D eigenvalue weighted by Crippen LogP contribution is 2.48. The standard InChI is InChI=1S/C23H32F3N3O3/c1-4-6-18(29-15(3)30)20(31)13-27-19-11-22(7-5-8-22)32-21-17(19)10-16(12-28-21)9-14(2)23(24,25)26/h4,10,12,14,18-20,27,31H,1,5-9,11,13H2,2-3H3,(H,29,30)/t14-,18+,19+,20-/m1/s1. The Morgan fingerprint density at radius 2 is 2.19 bits per heavy atom. The molecule has 3 rings (SSSR count). The molecule has 1 aliphatic carbocycles. The van der Waals surface area contributed by atoms with Crippen molar-refractivity contribution in [3.63, 3.8) is 0 Å². The number of ether oxygens (including phenoxy) is 1. The number of carbonyl (C=O) groups excluding carboxylic acids is 1. The second kappa shape index (κ2) is 9.79. The van der Waals surface area contributed by atoms with E-state index in [1.807, 2.05) is 0 Å². The molecule has 0 unspecified atom stereocenters. The molecule has 1 saturated carbocycles. The summed E-state index contributed by atoms with van der Waals surface area (Å²) >= 11 is 0. The molecular weight excluding hydrogens is 423 g/mol. The zero-order valence-electron chi connectivity index (χ0n) is 18.5. The number of halogens is 3. The zero-order chi connectivity index (χ0) is 23.5. The summed E-state index contributed by atoms with van der Waals surface area (Å²) < 4.78 is 45.2. The van der Waals surface area contributed by atoms with Gasteiger partial charge in [0.15, 0.2) is 0 Å². The van der Waals surface area contributed by atoms with E-state index in [-0.39, 0.29) is 30.5 Å². The van der Waals surface area contributed by atoms with Crippen LogP contribution in [-0.4, -0.2) is 46.5 Å². The van der Waals surface area contributed by atoms with Crippen LogP contribution in [0.5, 0.6) is 5.88 Å². The maximum atomic E-state index is 13.0. The van der Waals surface area contributed by atoms with Gasteiger partial charge in [-0.15, -0.1) is 6.58 Å². The predicted molar refractivity (Wildman–Crippen MR) is 114 cm³/mol. The lowest BCUT2D eigenvalue weighted by molar-refractivity contribution is -0.169. The molecule has 6 nitrogen and oxygen atoms in total. The number of aromatic nitrogens is 1. The maximum absolute atomic E-state index is 13.0. The molecule has 2 heterocycles. The molecule has 1 aromatic rings. The van der Waals surface area contributed by atoms with Crippen LogP contribution in [0.3, 0.4) is 0 Å². The number of aliphatic hydroxyl groups is 1. The molecule has 1 aliphatic heterocycles. The number of pyridine rings is 1. The number of hydrogen-bond acceptors (Lipinski definition) is 5. The van der Waals surface area contributed by atoms with Crippen molar-refractivity contribution in [3.8, 4) is 5.88 Å². The van der Waals surface area contributed by atoms with Crippen molar-refractivity contribution in [3.05, 3.63) is 36.0 Å². The van der Waals surface area contributed by atoms with Crippen LogP contribution in [0.1, 0.15) is 63.1 Å². The van der Waals surface area contributed by atoms with Gasteiger partial charge in [0.1, 0.15) is 5.60 Å². The normalized spacial score (nSPS) is 22.1. The van der Waals surface area contributed by atoms with Gasteiger partial charge in [0.2, 0.25) is 11.8 Å². The minimum absolute atomic E-state index is 0.159. The van der Waals surface area contributed by atoms with Crippen molar-refractivity contribution in [2.45, 2.75) is 82.3 Å². The highest BCUT2D eigenvalue weighted by molar-refractivity contribution is 5.73. The van der Waals surface area contributed by atoms with Crippen molar-refractivity contribution < 1.29 is 27.8 Å². The van der Waals surface area contributed by atoms with Crippen molar-refractivity contribution >= 4 is 5.91 Å². The number of carbonyl (C=O) groups is 1. The first-order valence-corrected chi connectivity index (χ1v) is 11.1. The van der Waals surface area contributed by atoms with Gasteiger partial charge in [-0.2, -0.15) is 13.2 Å². The minimum Gasteiger partial charge on any atom is -0.471 e. The second-order valence-electron chi connectivity index (χ2n) is 9.09. The number of rotatable bonds is 9. The highest BCUT2D eigenvalue weighted by Gasteiger charge is 2.46. The number of amides is 1. The SMILES string of the molecule is C=CC[C@H](NC(C)=O)[C@H](O)CN[C@H]1CC2(CCC2)Oc2ncc(C[C@@H](C)C(F)(F)F)cc21. The zero-order valence-corrected chi connectivity index (χ0v) is 18.5. The fourth-order valence-electron chi connectivity index (χ4n) is 4.38. The van der Waals surface area contributed by atoms with E-state index < -0.39 is 24.2 Å². The summed E-state index contributed by atoms with van der Waals surface area (Å²) in [5, 5.41) is 16.7. The summed E-state index contributed by atoms with van der Waals surface area (Å²) in [7, 11) is 0. The third kappa shape index (κ3) is 5.81. The van der Waals surface area contributed by atoms with Gasteiger partial charge in [-0.3, -0.25) is 4.79 Å². The van der Waals surface area contributed by atoms with Gasteiger partial charge in [0.05, 0.1) is 18.1 Å². The Balaban J connectivity index is 1.77. The second-order valence-corrected chi connectivity index (χ2v) is 9.09. The first kappa shape index (κ1) is 24.5. The average Bonchev–Trinajstić information content (AvgIpc) is 2.69. The fourth-order valence-corrected chi connectivity index (χ4v) is 4.38. The maximum Gasteiger partial charge on any atom is 0.391 e. The molecule has 32 heavy (non-hydrogen) atoms. The average molecular weight is 456 g/mol. The number of aliphatic hydroxyl groups excluding tert-OH is 1. The molecule has 3 N–H and O–H groups in total. The first-order chi connectivity index (χ1) is 15.0. The van der Waals surface area contributed by atoms with E-state index in [0.29, 0.717) is 29.8 Å². The molecule has 0 radical (unpaired) electrons. The number of fused-ring (bicyclic) bond motifs is 1. The predicted octanol–water partition coefficient (Wildman–Crippen LogP) is 3.60. The molecule has 1 amide bonds. The van der Waals surface area contributed by atoms with Gasteiger partial charge < -0.3 is 20.5 Å². The molecule has 1 aromatic heterocycles. The van der Waals surface area contributed by atoms with Crippen LogP contribution in [0.15, 0.2) is 24.9 Å². The van der Waals surface area contributed by atoms with Gasteiger partial charge >= 0.3 is 6.18 Å². The van der Waals surface area contributed by atoms with Crippen LogP contribution < -0.4 is 15.4 Å². The van der Waals surface area contributed by atoms with Crippen LogP contribution in [0.2, 0.25) is 0 Å². The van der Waals surface area contributed by atoms with Crippen LogP contribution in [0.4, 0.5) is 13.2 Å². The Morgan fingerprint density at radius 3 is 2.75 bits per heavy atom. The number of hydrogen-bond donors (Lipinski definition) is 3. The van der Waals surface area contributed by atoms with E-state index >= 15 is 0 Å². The van der Waals surface area contributed by atoms with E-state index in [1.54, 1.807) is 12.1 Å². The van der Waals surface area contributed by atoms with Crippen LogP contribution in [0, 0.1) is 5.92 Å². The first-order valence-electron chi connectivity index (χ1n) is 11.1. The summed E-state index contributed by atoms with van der Waals surface area (Å²) in [6.07, 6.45) is 1.71. The van der Waals surface area contributed by atoms with Gasteiger partial charge in [0.25, 0.3) is 0 Å². The van der Waals surface area contributed by atoms with E-state index in [0.717, 1.165) is 26.2 Å². The lowest BCUT2D eigenvalue weighted by Crippen LogP contribution is -2.51. The minimum atomic E-state index is -4.27. The van der Waals surface area contributed by atoms with Crippen LogP contribution in [-0.2, 0) is 11.2 Å². The molecule has 9 heteroatoms. The molecule has 0 saturated heterocycles. The summed E-state index contributed by atoms with van der Waals surface area (Å²) in [5.41, 5.74) is 0.889. The Kier molecular flexibility index (Phi) is 7.50. The molecule has 178 valence electrons. The topological polar surface area (TPSA) is 83.5 Å². The third-order valence-corrected chi connectivity index (χ3v) is 6.41. The van der Waals surface area contributed by atoms with E-state index in [9.17, 15) is 23.1 Å². The monoisotopic (exact) mass is 455 g/mol. The Morgan fingerprint density at radius 1 is 1.47 bits per heavy atom. The van der Waals surface area contributed by atoms with Gasteiger partial charge in [-0.05, 0) is 43.7 Å². The fraction of sp³-hybridized carbons (Fsp3) is 0.652. The Hall–Kier alpha value is -2.13. The van der Waals surface area contributed by atoms with E-state index in [2.05, 4.69) is 22.2 Å². The highest BCUT2D eigenvalue weighted by atomic mass is 19.4. The molecule has 4 atom stereocenters. The Bertz CT molecular complexity index is 826. The summed E-state index contributed by atoms with van der Waals surface area (Å²) in [6, 6.07) is 1.03. The van der Waals surface area contributed by atoms with Crippen molar-refractivity contribution in [2.24, 2.45) is 5.92 Å². The summed E-state index contributed by atoms with van der Waals surface area (Å²) in [5.74, 6) is -1.28. The molecule has 1 spiro atoms. The van der Waals surface area contributed by atoms with Gasteiger partial charge in [0, 0.05) is 37.7 Å². The van der Waals surface area contributed by atoms with Crippen molar-refractivity contribution in [2.75, 3.05) is 6.54 Å². The summed E-state index contributed by atoms with van der Waals surface area (Å²) in [6.45, 7) is 6.42. The smallest absolute Gasteiger partial charge is 0.391 e. The molecule has 0 bridgehead atoms. The Labute approximate surface area is 186 Å².